The summed E-state index contributed by atoms with van der Waals surface area (Å²) < 4.78 is 5.52. The van der Waals surface area contributed by atoms with Crippen molar-refractivity contribution in [3.63, 3.8) is 0 Å². The van der Waals surface area contributed by atoms with E-state index in [-0.39, 0.29) is 24.1 Å². The molecule has 2 heterocycles. The van der Waals surface area contributed by atoms with E-state index in [2.05, 4.69) is 31.1 Å². The van der Waals surface area contributed by atoms with Crippen LogP contribution in [0.15, 0.2) is 36.4 Å². The normalized spacial score (nSPS) is 12.7. The van der Waals surface area contributed by atoms with Crippen LogP contribution < -0.4 is 26.4 Å². The first kappa shape index (κ1) is 20.5. The number of ether oxygens (including phenoxy) is 1. The van der Waals surface area contributed by atoms with Crippen molar-refractivity contribution in [1.29, 1.82) is 0 Å². The van der Waals surface area contributed by atoms with E-state index in [9.17, 15) is 9.90 Å². The predicted molar refractivity (Wildman–Crippen MR) is 116 cm³/mol. The molecule has 31 heavy (non-hydrogen) atoms. The maximum atomic E-state index is 11.8. The Bertz CT molecular complexity index is 1120. The summed E-state index contributed by atoms with van der Waals surface area (Å²) in [6, 6.07) is 11.1. The molecule has 0 saturated carbocycles. The summed E-state index contributed by atoms with van der Waals surface area (Å²) in [5.74, 6) is 0.223. The van der Waals surface area contributed by atoms with E-state index < -0.39 is 5.91 Å². The van der Waals surface area contributed by atoms with Gasteiger partial charge in [0.05, 0.1) is 19.4 Å². The number of amides is 1. The van der Waals surface area contributed by atoms with Gasteiger partial charge in [0.25, 0.3) is 5.91 Å². The van der Waals surface area contributed by atoms with Crippen LogP contribution >= 0.6 is 0 Å². The third-order valence-corrected chi connectivity index (χ3v) is 4.95. The summed E-state index contributed by atoms with van der Waals surface area (Å²) in [6.45, 7) is 1.59. The maximum absolute atomic E-state index is 11.8. The molecule has 3 aromatic rings. The number of anilines is 4. The van der Waals surface area contributed by atoms with E-state index in [0.29, 0.717) is 22.7 Å². The monoisotopic (exact) mass is 421 g/mol. The first-order valence-corrected chi connectivity index (χ1v) is 9.76. The molecule has 0 atom stereocenters. The SMILES string of the molecule is COc1cc2c(cc1Nc1nnc(C(N)=O)c(Nc3cccc(CO)c3)n1)CCNC2. The number of hydrogen-bond donors (Lipinski definition) is 5. The lowest BCUT2D eigenvalue weighted by Crippen LogP contribution is -2.23. The van der Waals surface area contributed by atoms with Crippen molar-refractivity contribution in [1.82, 2.24) is 20.5 Å². The minimum atomic E-state index is -0.758. The molecule has 4 rings (SSSR count). The Balaban J connectivity index is 1.67. The van der Waals surface area contributed by atoms with Crippen LogP contribution in [0.1, 0.15) is 27.2 Å². The molecule has 1 amide bonds. The zero-order valence-electron chi connectivity index (χ0n) is 17.0. The molecule has 2 aromatic carbocycles. The lowest BCUT2D eigenvalue weighted by molar-refractivity contribution is 0.0995. The van der Waals surface area contributed by atoms with Crippen molar-refractivity contribution in [2.45, 2.75) is 19.6 Å². The molecular weight excluding hydrogens is 398 g/mol. The van der Waals surface area contributed by atoms with Gasteiger partial charge in [0, 0.05) is 12.2 Å². The van der Waals surface area contributed by atoms with Crippen molar-refractivity contribution >= 4 is 29.0 Å². The number of nitrogens with zero attached hydrogens (tertiary/aromatic N) is 3. The molecule has 0 fully saturated rings. The average Bonchev–Trinajstić information content (AvgIpc) is 2.78. The fourth-order valence-electron chi connectivity index (χ4n) is 3.41. The van der Waals surface area contributed by atoms with Crippen LogP contribution in [0, 0.1) is 0 Å². The lowest BCUT2D eigenvalue weighted by Gasteiger charge is -2.20. The van der Waals surface area contributed by atoms with Gasteiger partial charge in [-0.15, -0.1) is 10.2 Å². The number of nitrogens with one attached hydrogen (secondary N) is 3. The second-order valence-electron chi connectivity index (χ2n) is 7.05. The van der Waals surface area contributed by atoms with E-state index in [1.54, 1.807) is 31.4 Å². The Morgan fingerprint density at radius 1 is 1.23 bits per heavy atom. The first-order valence-electron chi connectivity index (χ1n) is 9.76. The average molecular weight is 421 g/mol. The number of carbonyl (C=O) groups excluding carboxylic acids is 1. The summed E-state index contributed by atoms with van der Waals surface area (Å²) in [6.07, 6.45) is 0.904. The van der Waals surface area contributed by atoms with Gasteiger partial charge in [-0.25, -0.2) is 0 Å². The van der Waals surface area contributed by atoms with Gasteiger partial charge in [0.1, 0.15) is 5.75 Å². The van der Waals surface area contributed by atoms with Crippen molar-refractivity contribution in [3.05, 3.63) is 58.8 Å². The van der Waals surface area contributed by atoms with E-state index in [0.717, 1.165) is 19.5 Å². The number of primary amides is 1. The maximum Gasteiger partial charge on any atom is 0.273 e. The zero-order valence-corrected chi connectivity index (χ0v) is 17.0. The van der Waals surface area contributed by atoms with E-state index in [4.69, 9.17) is 10.5 Å². The van der Waals surface area contributed by atoms with Gasteiger partial charge in [0.15, 0.2) is 11.5 Å². The van der Waals surface area contributed by atoms with Crippen molar-refractivity contribution in [2.75, 3.05) is 24.3 Å². The Hall–Kier alpha value is -3.76. The van der Waals surface area contributed by atoms with Crippen molar-refractivity contribution in [2.24, 2.45) is 5.73 Å². The molecule has 0 saturated heterocycles. The van der Waals surface area contributed by atoms with Gasteiger partial charge in [-0.1, -0.05) is 12.1 Å². The number of aliphatic hydroxyl groups excluding tert-OH is 1. The molecule has 0 aliphatic carbocycles. The van der Waals surface area contributed by atoms with Gasteiger partial charge < -0.3 is 31.5 Å². The molecule has 0 spiro atoms. The Kier molecular flexibility index (Phi) is 5.92. The van der Waals surface area contributed by atoms with Crippen molar-refractivity contribution < 1.29 is 14.6 Å². The largest absolute Gasteiger partial charge is 0.495 e. The highest BCUT2D eigenvalue weighted by Crippen LogP contribution is 2.32. The Labute approximate surface area is 178 Å². The van der Waals surface area contributed by atoms with Crippen LogP contribution in [0.25, 0.3) is 0 Å². The summed E-state index contributed by atoms with van der Waals surface area (Å²) in [5.41, 5.74) is 9.77. The number of benzene rings is 2. The Morgan fingerprint density at radius 3 is 2.87 bits per heavy atom. The minimum absolute atomic E-state index is 0.0940. The second kappa shape index (κ2) is 8.94. The molecule has 6 N–H and O–H groups in total. The number of aliphatic hydroxyl groups is 1. The van der Waals surface area contributed by atoms with Crippen LogP contribution in [0.3, 0.4) is 0 Å². The second-order valence-corrected chi connectivity index (χ2v) is 7.05. The lowest BCUT2D eigenvalue weighted by atomic mass is 10.00. The molecule has 0 radical (unpaired) electrons. The van der Waals surface area contributed by atoms with Gasteiger partial charge >= 0.3 is 0 Å². The third kappa shape index (κ3) is 4.55. The highest BCUT2D eigenvalue weighted by molar-refractivity contribution is 5.96. The first-order chi connectivity index (χ1) is 15.1. The number of methoxy groups -OCH3 is 1. The van der Waals surface area contributed by atoms with E-state index in [1.165, 1.54) is 11.1 Å². The highest BCUT2D eigenvalue weighted by atomic mass is 16.5. The number of aromatic nitrogens is 3. The van der Waals surface area contributed by atoms with E-state index >= 15 is 0 Å². The number of fused-ring (bicyclic) bond motifs is 1. The van der Waals surface area contributed by atoms with Crippen molar-refractivity contribution in [3.8, 4) is 5.75 Å². The quantitative estimate of drug-likeness (QED) is 0.384. The minimum Gasteiger partial charge on any atom is -0.495 e. The fourth-order valence-corrected chi connectivity index (χ4v) is 3.41. The van der Waals surface area contributed by atoms with Gasteiger partial charge in [-0.2, -0.15) is 4.98 Å². The Morgan fingerprint density at radius 2 is 2.10 bits per heavy atom. The van der Waals surface area contributed by atoms with Crippen LogP contribution in [-0.2, 0) is 19.6 Å². The third-order valence-electron chi connectivity index (χ3n) is 4.95. The number of nitrogens with two attached hydrogens (primary N) is 1. The van der Waals surface area contributed by atoms with Crippen LogP contribution in [0.5, 0.6) is 5.75 Å². The predicted octanol–water partition coefficient (Wildman–Crippen LogP) is 1.60. The molecule has 1 aliphatic heterocycles. The van der Waals surface area contributed by atoms with Crippen LogP contribution in [0.2, 0.25) is 0 Å². The molecule has 160 valence electrons. The standard InChI is InChI=1S/C21H23N7O3/c1-31-17-9-14-10-23-6-5-13(14)8-16(17)25-21-26-20(18(19(22)30)27-28-21)24-15-4-2-3-12(7-15)11-29/h2-4,7-9,23,29H,5-6,10-11H2,1H3,(H2,22,30)(H2,24,25,26,28). The zero-order chi connectivity index (χ0) is 21.8. The summed E-state index contributed by atoms with van der Waals surface area (Å²) >= 11 is 0. The highest BCUT2D eigenvalue weighted by Gasteiger charge is 2.18. The number of rotatable bonds is 7. The molecule has 0 unspecified atom stereocenters. The van der Waals surface area contributed by atoms with Gasteiger partial charge in [0.2, 0.25) is 5.95 Å². The smallest absolute Gasteiger partial charge is 0.273 e. The molecule has 0 bridgehead atoms. The number of hydrogen-bond acceptors (Lipinski definition) is 9. The summed E-state index contributed by atoms with van der Waals surface area (Å²) in [7, 11) is 1.60. The van der Waals surface area contributed by atoms with E-state index in [1.807, 2.05) is 12.1 Å². The molecule has 10 heteroatoms. The molecule has 1 aliphatic rings. The summed E-state index contributed by atoms with van der Waals surface area (Å²) in [4.78, 5) is 16.2. The van der Waals surface area contributed by atoms with Gasteiger partial charge in [-0.3, -0.25) is 4.79 Å². The molecular formula is C21H23N7O3. The summed E-state index contributed by atoms with van der Waals surface area (Å²) in [5, 5.41) is 26.8. The molecule has 1 aromatic heterocycles. The van der Waals surface area contributed by atoms with Gasteiger partial charge in [-0.05, 0) is 53.9 Å². The number of carbonyl (C=O) groups is 1. The molecule has 10 nitrogen and oxygen atoms in total. The van der Waals surface area contributed by atoms with Crippen LogP contribution in [-0.4, -0.2) is 39.8 Å². The van der Waals surface area contributed by atoms with Crippen LogP contribution in [0.4, 0.5) is 23.1 Å². The fraction of sp³-hybridized carbons (Fsp3) is 0.238. The topological polar surface area (TPSA) is 147 Å².